The van der Waals surface area contributed by atoms with Crippen molar-refractivity contribution in [3.05, 3.63) is 0 Å². The molecule has 1 aliphatic heterocycles. The van der Waals surface area contributed by atoms with E-state index in [9.17, 15) is 15.0 Å². The Kier molecular flexibility index (Phi) is 4.63. The Morgan fingerprint density at radius 1 is 1.38 bits per heavy atom. The van der Waals surface area contributed by atoms with E-state index in [1.54, 1.807) is 0 Å². The molecule has 0 aliphatic carbocycles. The molecular weight excluding hydrogens is 216 g/mol. The third kappa shape index (κ3) is 2.69. The largest absolute Gasteiger partial charge is 0.395 e. The van der Waals surface area contributed by atoms with E-state index < -0.39 is 30.3 Å². The summed E-state index contributed by atoms with van der Waals surface area (Å²) in [5.74, 6) is -0.338. The summed E-state index contributed by atoms with van der Waals surface area (Å²) in [4.78, 5) is 10.9. The van der Waals surface area contributed by atoms with Crippen LogP contribution in [0.3, 0.4) is 0 Å². The van der Waals surface area contributed by atoms with E-state index in [0.717, 1.165) is 0 Å². The highest BCUT2D eigenvalue weighted by atomic mass is 16.3. The molecule has 1 aliphatic rings. The Morgan fingerprint density at radius 3 is 2.38 bits per heavy atom. The summed E-state index contributed by atoms with van der Waals surface area (Å²) in [7, 11) is 0. The Balaban J connectivity index is 2.68. The topological polar surface area (TPSA) is 122 Å². The Hall–Kier alpha value is -0.730. The molecule has 0 bridgehead atoms. The summed E-state index contributed by atoms with van der Waals surface area (Å²) in [6.45, 7) is 0.607. The first kappa shape index (κ1) is 13.3. The molecule has 0 aromatic rings. The second-order valence-corrected chi connectivity index (χ2v) is 3.95. The van der Waals surface area contributed by atoms with Crippen LogP contribution in [-0.4, -0.2) is 69.9 Å². The number of carbonyl (C=O) groups excluding carboxylic acids is 1. The summed E-state index contributed by atoms with van der Waals surface area (Å²) >= 11 is 0. The van der Waals surface area contributed by atoms with Crippen LogP contribution in [0.2, 0.25) is 0 Å². The van der Waals surface area contributed by atoms with Crippen molar-refractivity contribution in [3.63, 3.8) is 0 Å². The van der Waals surface area contributed by atoms with Gasteiger partial charge in [-0.05, 0) is 0 Å². The van der Waals surface area contributed by atoms with Crippen LogP contribution in [-0.2, 0) is 4.79 Å². The van der Waals surface area contributed by atoms with Crippen LogP contribution in [0.4, 0.5) is 0 Å². The van der Waals surface area contributed by atoms with Crippen LogP contribution in [0.1, 0.15) is 6.92 Å². The monoisotopic (exact) mass is 234 g/mol. The summed E-state index contributed by atoms with van der Waals surface area (Å²) in [5.41, 5.74) is 0. The summed E-state index contributed by atoms with van der Waals surface area (Å²) in [6, 6.07) is -2.03. The molecule has 0 radical (unpaired) electrons. The molecular formula is C9H18N2O5. The van der Waals surface area contributed by atoms with Crippen molar-refractivity contribution in [3.8, 4) is 0 Å². The average Bonchev–Trinajstić information content (AvgIpc) is 2.52. The van der Waals surface area contributed by atoms with Gasteiger partial charge in [0.05, 0.1) is 43.5 Å². The van der Waals surface area contributed by atoms with Crippen molar-refractivity contribution >= 4 is 5.91 Å². The number of aliphatic hydroxyl groups is 4. The van der Waals surface area contributed by atoms with E-state index in [0.29, 0.717) is 0 Å². The first-order chi connectivity index (χ1) is 7.51. The molecule has 1 saturated heterocycles. The molecule has 5 atom stereocenters. The molecule has 7 nitrogen and oxygen atoms in total. The first-order valence-corrected chi connectivity index (χ1v) is 5.12. The summed E-state index contributed by atoms with van der Waals surface area (Å²) < 4.78 is 0. The lowest BCUT2D eigenvalue weighted by Gasteiger charge is -2.25. The van der Waals surface area contributed by atoms with Gasteiger partial charge in [-0.15, -0.1) is 0 Å². The molecule has 94 valence electrons. The predicted molar refractivity (Wildman–Crippen MR) is 54.5 cm³/mol. The van der Waals surface area contributed by atoms with Crippen LogP contribution in [0.25, 0.3) is 0 Å². The maximum Gasteiger partial charge on any atom is 0.217 e. The first-order valence-electron chi connectivity index (χ1n) is 5.12. The number of aliphatic hydroxyl groups excluding tert-OH is 4. The molecule has 1 fully saturated rings. The minimum atomic E-state index is -1.14. The van der Waals surface area contributed by atoms with E-state index in [2.05, 4.69) is 10.6 Å². The van der Waals surface area contributed by atoms with Gasteiger partial charge >= 0.3 is 0 Å². The smallest absolute Gasteiger partial charge is 0.217 e. The average molecular weight is 234 g/mol. The lowest BCUT2D eigenvalue weighted by molar-refractivity contribution is -0.120. The van der Waals surface area contributed by atoms with E-state index in [1.807, 2.05) is 0 Å². The van der Waals surface area contributed by atoms with Gasteiger partial charge in [-0.25, -0.2) is 0 Å². The van der Waals surface area contributed by atoms with Crippen LogP contribution in [0.15, 0.2) is 0 Å². The van der Waals surface area contributed by atoms with E-state index >= 15 is 0 Å². The van der Waals surface area contributed by atoms with Crippen LogP contribution < -0.4 is 10.6 Å². The standard InChI is InChI=1S/C9H18N2O5/c1-4(14)10-5(2-12)7-9(16)8(15)6(3-13)11-7/h5-9,11-13,15-16H,2-3H2,1H3,(H,10,14)/t5-,6+,7?,8+,9+/m0/s1. The lowest BCUT2D eigenvalue weighted by atomic mass is 10.0. The number of nitrogens with one attached hydrogen (secondary N) is 2. The third-order valence-corrected chi connectivity index (χ3v) is 2.75. The molecule has 0 spiro atoms. The van der Waals surface area contributed by atoms with Crippen molar-refractivity contribution in [2.45, 2.75) is 37.3 Å². The van der Waals surface area contributed by atoms with Gasteiger partial charge in [-0.2, -0.15) is 0 Å². The maximum absolute atomic E-state index is 10.9. The van der Waals surface area contributed by atoms with Crippen molar-refractivity contribution in [2.75, 3.05) is 13.2 Å². The molecule has 1 rings (SSSR count). The fraction of sp³-hybridized carbons (Fsp3) is 0.889. The molecule has 6 N–H and O–H groups in total. The highest BCUT2D eigenvalue weighted by Crippen LogP contribution is 2.17. The number of amides is 1. The second-order valence-electron chi connectivity index (χ2n) is 3.95. The van der Waals surface area contributed by atoms with Crippen molar-refractivity contribution in [1.29, 1.82) is 0 Å². The van der Waals surface area contributed by atoms with Gasteiger partial charge in [0.2, 0.25) is 5.91 Å². The molecule has 1 unspecified atom stereocenters. The van der Waals surface area contributed by atoms with Gasteiger partial charge in [-0.1, -0.05) is 0 Å². The molecule has 16 heavy (non-hydrogen) atoms. The SMILES string of the molecule is CC(=O)N[C@@H](CO)C1N[C@H](CO)[C@@H](O)[C@@H]1O. The van der Waals surface area contributed by atoms with E-state index in [4.69, 9.17) is 10.2 Å². The van der Waals surface area contributed by atoms with E-state index in [-0.39, 0.29) is 19.1 Å². The maximum atomic E-state index is 10.9. The minimum absolute atomic E-state index is 0.326. The minimum Gasteiger partial charge on any atom is -0.395 e. The van der Waals surface area contributed by atoms with Gasteiger partial charge in [-0.3, -0.25) is 4.79 Å². The Labute approximate surface area is 93.1 Å². The highest BCUT2D eigenvalue weighted by molar-refractivity contribution is 5.73. The molecule has 7 heteroatoms. The van der Waals surface area contributed by atoms with Gasteiger partial charge < -0.3 is 31.1 Å². The van der Waals surface area contributed by atoms with Crippen molar-refractivity contribution < 1.29 is 25.2 Å². The number of carbonyl (C=O) groups is 1. The van der Waals surface area contributed by atoms with Crippen LogP contribution in [0.5, 0.6) is 0 Å². The fourth-order valence-electron chi connectivity index (χ4n) is 1.92. The van der Waals surface area contributed by atoms with Crippen molar-refractivity contribution in [2.24, 2.45) is 0 Å². The van der Waals surface area contributed by atoms with Crippen LogP contribution in [0, 0.1) is 0 Å². The predicted octanol–water partition coefficient (Wildman–Crippen LogP) is -3.46. The number of rotatable bonds is 4. The molecule has 0 aromatic heterocycles. The Morgan fingerprint density at radius 2 is 2.00 bits per heavy atom. The molecule has 0 saturated carbocycles. The molecule has 1 heterocycles. The molecule has 1 amide bonds. The van der Waals surface area contributed by atoms with E-state index in [1.165, 1.54) is 6.92 Å². The van der Waals surface area contributed by atoms with Crippen molar-refractivity contribution in [1.82, 2.24) is 10.6 Å². The summed E-state index contributed by atoms with van der Waals surface area (Å²) in [6.07, 6.45) is -2.25. The zero-order valence-corrected chi connectivity index (χ0v) is 9.00. The van der Waals surface area contributed by atoms with Crippen LogP contribution >= 0.6 is 0 Å². The zero-order chi connectivity index (χ0) is 12.3. The van der Waals surface area contributed by atoms with Gasteiger partial charge in [0.15, 0.2) is 0 Å². The summed E-state index contributed by atoms with van der Waals surface area (Å²) in [5, 5.41) is 42.5. The van der Waals surface area contributed by atoms with Gasteiger partial charge in [0.1, 0.15) is 0 Å². The number of hydrogen-bond donors (Lipinski definition) is 6. The lowest BCUT2D eigenvalue weighted by Crippen LogP contribution is -2.54. The second kappa shape index (κ2) is 5.55. The quantitative estimate of drug-likeness (QED) is 0.301. The highest BCUT2D eigenvalue weighted by Gasteiger charge is 2.44. The van der Waals surface area contributed by atoms with Gasteiger partial charge in [0.25, 0.3) is 0 Å². The number of hydrogen-bond acceptors (Lipinski definition) is 6. The Bertz CT molecular complexity index is 250. The van der Waals surface area contributed by atoms with Gasteiger partial charge in [0, 0.05) is 6.92 Å². The normalized spacial score (nSPS) is 36.1. The third-order valence-electron chi connectivity index (χ3n) is 2.75. The molecule has 0 aromatic carbocycles. The zero-order valence-electron chi connectivity index (χ0n) is 9.00. The fourth-order valence-corrected chi connectivity index (χ4v) is 1.92.